The van der Waals surface area contributed by atoms with Gasteiger partial charge in [0.1, 0.15) is 0 Å². The summed E-state index contributed by atoms with van der Waals surface area (Å²) in [5.41, 5.74) is 0. The second-order valence-electron chi connectivity index (χ2n) is 13.5. The maximum atomic E-state index is 8.52. The van der Waals surface area contributed by atoms with Crippen LogP contribution in [0.15, 0.2) is 0 Å². The molecule has 0 heterocycles. The molecule has 0 aliphatic heterocycles. The van der Waals surface area contributed by atoms with Crippen LogP contribution in [0.3, 0.4) is 0 Å². The Morgan fingerprint density at radius 3 is 0.767 bits per heavy atom. The first-order chi connectivity index (χ1) is 20.4. The average Bonchev–Trinajstić information content (AvgIpc) is 2.95. The van der Waals surface area contributed by atoms with Crippen LogP contribution in [0.4, 0.5) is 0 Å². The predicted octanol–water partition coefficient (Wildman–Crippen LogP) is 10.2. The number of hydrogen-bond donors (Lipinski definition) is 0. The van der Waals surface area contributed by atoms with Crippen LogP contribution in [-0.2, 0) is 10.4 Å². The van der Waals surface area contributed by atoms with Crippen molar-refractivity contribution in [1.82, 2.24) is 0 Å². The van der Waals surface area contributed by atoms with Gasteiger partial charge in [-0.15, -0.1) is 0 Å². The Labute approximate surface area is 272 Å². The molecule has 0 N–H and O–H groups in total. The SMILES string of the molecule is CCCCCCCCCCCC[N+](C)(CC)CCC.CCCCCCCCCCCC[N+](C)(CC)CCC.O=S(=O)([O-])[O-]. The maximum absolute atomic E-state index is 8.52. The lowest BCUT2D eigenvalue weighted by molar-refractivity contribution is -0.908. The van der Waals surface area contributed by atoms with E-state index in [1.807, 2.05) is 0 Å². The highest BCUT2D eigenvalue weighted by Crippen LogP contribution is 2.14. The van der Waals surface area contributed by atoms with Gasteiger partial charge in [-0.25, -0.2) is 0 Å². The largest absolute Gasteiger partial charge is 0.759 e. The summed E-state index contributed by atoms with van der Waals surface area (Å²) in [7, 11) is -0.311. The average molecular weight is 637 g/mol. The molecule has 0 aromatic carbocycles. The number of quaternary nitrogens is 2. The van der Waals surface area contributed by atoms with Gasteiger partial charge in [0.05, 0.1) is 53.4 Å². The summed E-state index contributed by atoms with van der Waals surface area (Å²) in [6.07, 6.45) is 31.6. The second-order valence-corrected chi connectivity index (χ2v) is 14.4. The van der Waals surface area contributed by atoms with E-state index in [1.54, 1.807) is 0 Å². The summed E-state index contributed by atoms with van der Waals surface area (Å²) in [6, 6.07) is 0. The number of nitrogens with zero attached hydrogens (tertiary/aromatic N) is 2. The Kier molecular flexibility index (Phi) is 36.4. The first-order valence-electron chi connectivity index (χ1n) is 18.7. The number of unbranched alkanes of at least 4 members (excludes halogenated alkanes) is 18. The van der Waals surface area contributed by atoms with Crippen LogP contribution in [-0.4, -0.2) is 79.9 Å². The third-order valence-electron chi connectivity index (χ3n) is 9.16. The van der Waals surface area contributed by atoms with Crippen molar-refractivity contribution in [2.45, 2.75) is 183 Å². The summed E-state index contributed by atoms with van der Waals surface area (Å²) in [5.74, 6) is 0. The highest BCUT2D eigenvalue weighted by molar-refractivity contribution is 7.79. The molecular formula is C36H80N2O4S. The van der Waals surface area contributed by atoms with E-state index in [9.17, 15) is 0 Å². The number of rotatable bonds is 28. The Balaban J connectivity index is -0.000000642. The molecule has 7 heteroatoms. The molecule has 0 aliphatic rings. The van der Waals surface area contributed by atoms with Gasteiger partial charge in [-0.05, 0) is 52.4 Å². The molecule has 2 atom stereocenters. The van der Waals surface area contributed by atoms with E-state index in [2.05, 4.69) is 55.6 Å². The molecule has 0 amide bonds. The minimum absolute atomic E-state index is 1.29. The molecule has 6 nitrogen and oxygen atoms in total. The van der Waals surface area contributed by atoms with E-state index in [0.29, 0.717) is 0 Å². The molecule has 0 rings (SSSR count). The normalized spacial score (nSPS) is 14.2. The fourth-order valence-electron chi connectivity index (χ4n) is 5.90. The molecular weight excluding hydrogens is 556 g/mol. The third kappa shape index (κ3) is 41.8. The zero-order valence-electron chi connectivity index (χ0n) is 30.7. The quantitative estimate of drug-likeness (QED) is 0.0370. The standard InChI is InChI=1S/2C18H40N.H2O4S/c2*1-5-8-9-10-11-12-13-14-15-16-18-19(4,7-3)17-6-2;1-5(2,3)4/h2*5-18H2,1-4H3;(H2,1,2,3,4)/q2*+1;/p-2. The second kappa shape index (κ2) is 33.2. The first kappa shape index (κ1) is 47.2. The van der Waals surface area contributed by atoms with Crippen LogP contribution in [0, 0.1) is 0 Å². The van der Waals surface area contributed by atoms with Crippen molar-refractivity contribution >= 4 is 10.4 Å². The topological polar surface area (TPSA) is 80.3 Å². The summed E-state index contributed by atoms with van der Waals surface area (Å²) in [5, 5.41) is 0. The lowest BCUT2D eigenvalue weighted by atomic mass is 10.1. The lowest BCUT2D eigenvalue weighted by Crippen LogP contribution is -2.45. The van der Waals surface area contributed by atoms with E-state index in [-0.39, 0.29) is 0 Å². The van der Waals surface area contributed by atoms with E-state index in [1.165, 1.54) is 189 Å². The Morgan fingerprint density at radius 1 is 0.372 bits per heavy atom. The van der Waals surface area contributed by atoms with Gasteiger partial charge < -0.3 is 18.1 Å². The molecule has 0 aromatic heterocycles. The molecule has 0 aliphatic carbocycles. The molecule has 0 saturated heterocycles. The van der Waals surface area contributed by atoms with Crippen LogP contribution in [0.2, 0.25) is 0 Å². The summed E-state index contributed by atoms with van der Waals surface area (Å²) < 4.78 is 36.7. The molecule has 0 fully saturated rings. The van der Waals surface area contributed by atoms with E-state index < -0.39 is 10.4 Å². The van der Waals surface area contributed by atoms with Crippen LogP contribution in [0.1, 0.15) is 183 Å². The van der Waals surface area contributed by atoms with Gasteiger partial charge in [0.2, 0.25) is 0 Å². The highest BCUT2D eigenvalue weighted by Gasteiger charge is 2.17. The molecule has 0 bridgehead atoms. The Morgan fingerprint density at radius 2 is 0.581 bits per heavy atom. The predicted molar refractivity (Wildman–Crippen MR) is 188 cm³/mol. The van der Waals surface area contributed by atoms with Gasteiger partial charge in [-0.1, -0.05) is 130 Å². The fourth-order valence-corrected chi connectivity index (χ4v) is 5.90. The van der Waals surface area contributed by atoms with Crippen molar-refractivity contribution in [1.29, 1.82) is 0 Å². The lowest BCUT2D eigenvalue weighted by Gasteiger charge is -2.33. The minimum Gasteiger partial charge on any atom is -0.759 e. The maximum Gasteiger partial charge on any atom is 0.0784 e. The van der Waals surface area contributed by atoms with Gasteiger partial charge >= 0.3 is 0 Å². The van der Waals surface area contributed by atoms with E-state index >= 15 is 0 Å². The smallest absolute Gasteiger partial charge is 0.0784 e. The third-order valence-corrected chi connectivity index (χ3v) is 9.16. The summed E-state index contributed by atoms with van der Waals surface area (Å²) >= 11 is 0. The molecule has 2 unspecified atom stereocenters. The van der Waals surface area contributed by atoms with Gasteiger partial charge in [0.25, 0.3) is 0 Å². The van der Waals surface area contributed by atoms with Crippen LogP contribution < -0.4 is 0 Å². The van der Waals surface area contributed by atoms with Crippen molar-refractivity contribution < 1.29 is 26.5 Å². The van der Waals surface area contributed by atoms with Gasteiger partial charge in [0, 0.05) is 10.4 Å². The zero-order valence-corrected chi connectivity index (χ0v) is 31.6. The summed E-state index contributed by atoms with van der Waals surface area (Å²) in [6.45, 7) is 22.0. The van der Waals surface area contributed by atoms with Gasteiger partial charge in [-0.2, -0.15) is 0 Å². The molecule has 264 valence electrons. The molecule has 0 aromatic rings. The van der Waals surface area contributed by atoms with Crippen molar-refractivity contribution in [3.05, 3.63) is 0 Å². The molecule has 43 heavy (non-hydrogen) atoms. The first-order valence-corrected chi connectivity index (χ1v) is 20.0. The van der Waals surface area contributed by atoms with E-state index in [0.717, 1.165) is 0 Å². The van der Waals surface area contributed by atoms with Crippen molar-refractivity contribution in [3.8, 4) is 0 Å². The summed E-state index contributed by atoms with van der Waals surface area (Å²) in [4.78, 5) is 0. The van der Waals surface area contributed by atoms with Gasteiger partial charge in [0.15, 0.2) is 0 Å². The van der Waals surface area contributed by atoms with Crippen molar-refractivity contribution in [2.24, 2.45) is 0 Å². The van der Waals surface area contributed by atoms with Crippen molar-refractivity contribution in [3.63, 3.8) is 0 Å². The van der Waals surface area contributed by atoms with Gasteiger partial charge in [-0.3, -0.25) is 8.42 Å². The Hall–Kier alpha value is -0.210. The monoisotopic (exact) mass is 637 g/mol. The van der Waals surface area contributed by atoms with Crippen molar-refractivity contribution in [2.75, 3.05) is 53.4 Å². The van der Waals surface area contributed by atoms with Crippen LogP contribution in [0.25, 0.3) is 0 Å². The fraction of sp³-hybridized carbons (Fsp3) is 1.00. The molecule has 0 radical (unpaired) electrons. The Bertz CT molecular complexity index is 599. The van der Waals surface area contributed by atoms with Crippen LogP contribution >= 0.6 is 0 Å². The van der Waals surface area contributed by atoms with E-state index in [4.69, 9.17) is 17.5 Å². The molecule has 0 spiro atoms. The minimum atomic E-state index is -5.17. The zero-order chi connectivity index (χ0) is 33.3. The highest BCUT2D eigenvalue weighted by atomic mass is 32.3. The number of hydrogen-bond acceptors (Lipinski definition) is 4. The van der Waals surface area contributed by atoms with Crippen LogP contribution in [0.5, 0.6) is 0 Å². The molecule has 0 saturated carbocycles.